The molecular formula is C31H37N3O7S2. The first-order chi connectivity index (χ1) is 20.4. The van der Waals surface area contributed by atoms with E-state index in [2.05, 4.69) is 17.0 Å². The Balaban J connectivity index is 0.000000386. The number of hydrogen-bond donors (Lipinski definition) is 1. The zero-order chi connectivity index (χ0) is 31.6. The van der Waals surface area contributed by atoms with Gasteiger partial charge < -0.3 is 19.1 Å². The number of nitrogens with zero attached hydrogens (tertiary/aromatic N) is 3. The highest BCUT2D eigenvalue weighted by Crippen LogP contribution is 2.34. The van der Waals surface area contributed by atoms with Crippen LogP contribution in [0.4, 0.5) is 5.00 Å². The van der Waals surface area contributed by atoms with E-state index in [9.17, 15) is 18.5 Å². The fourth-order valence-corrected chi connectivity index (χ4v) is 5.78. The van der Waals surface area contributed by atoms with Crippen molar-refractivity contribution in [1.82, 2.24) is 4.90 Å². The molecule has 2 heterocycles. The van der Waals surface area contributed by atoms with E-state index in [1.807, 2.05) is 50.2 Å². The van der Waals surface area contributed by atoms with Gasteiger partial charge in [0.2, 0.25) is 0 Å². The molecule has 1 aromatic heterocycles. The minimum Gasteiger partial charge on any atom is -0.493 e. The molecule has 0 unspecified atom stereocenters. The number of allylic oxidation sites excluding steroid dienone is 1. The molecule has 0 radical (unpaired) electrons. The highest BCUT2D eigenvalue weighted by molar-refractivity contribution is 7.85. The molecule has 0 saturated carbocycles. The van der Waals surface area contributed by atoms with Crippen LogP contribution in [0.2, 0.25) is 0 Å². The topological polar surface area (TPSA) is 129 Å². The average Bonchev–Trinajstić information content (AvgIpc) is 3.44. The van der Waals surface area contributed by atoms with Crippen molar-refractivity contribution >= 4 is 44.1 Å². The first-order valence-corrected chi connectivity index (χ1v) is 15.8. The molecular weight excluding hydrogens is 590 g/mol. The van der Waals surface area contributed by atoms with Crippen molar-refractivity contribution in [2.75, 3.05) is 52.8 Å². The third-order valence-electron chi connectivity index (χ3n) is 6.53. The zero-order valence-corrected chi connectivity index (χ0v) is 26.6. The lowest BCUT2D eigenvalue weighted by Gasteiger charge is -2.32. The average molecular weight is 628 g/mol. The quantitative estimate of drug-likeness (QED) is 0.193. The largest absolute Gasteiger partial charge is 0.493 e. The number of esters is 1. The zero-order valence-electron chi connectivity index (χ0n) is 24.9. The summed E-state index contributed by atoms with van der Waals surface area (Å²) in [7, 11) is 2.86. The fraction of sp³-hybridized carbons (Fsp3) is 0.355. The van der Waals surface area contributed by atoms with Crippen LogP contribution in [0.1, 0.15) is 28.8 Å². The van der Waals surface area contributed by atoms with E-state index in [1.165, 1.54) is 12.1 Å². The molecule has 1 saturated heterocycles. The maximum atomic E-state index is 11.9. The van der Waals surface area contributed by atoms with Gasteiger partial charge in [-0.25, -0.2) is 0 Å². The van der Waals surface area contributed by atoms with Crippen LogP contribution in [0.25, 0.3) is 11.6 Å². The molecule has 0 bridgehead atoms. The Morgan fingerprint density at radius 2 is 1.72 bits per heavy atom. The summed E-state index contributed by atoms with van der Waals surface area (Å²) < 4.78 is 45.8. The number of carbonyl (C=O) groups is 1. The number of benzene rings is 2. The van der Waals surface area contributed by atoms with Crippen molar-refractivity contribution < 1.29 is 32.0 Å². The molecule has 0 spiro atoms. The number of thiophene rings is 1. The lowest BCUT2D eigenvalue weighted by atomic mass is 10.1. The third kappa shape index (κ3) is 10.1. The molecule has 0 atom stereocenters. The molecule has 1 aliphatic rings. The summed E-state index contributed by atoms with van der Waals surface area (Å²) in [6.07, 6.45) is 3.51. The minimum absolute atomic E-state index is 0.0201. The maximum Gasteiger partial charge on any atom is 0.320 e. The van der Waals surface area contributed by atoms with Gasteiger partial charge in [0.05, 0.1) is 42.3 Å². The van der Waals surface area contributed by atoms with Crippen LogP contribution >= 0.6 is 11.3 Å². The second kappa shape index (κ2) is 15.5. The van der Waals surface area contributed by atoms with Gasteiger partial charge in [-0.15, -0.1) is 11.3 Å². The van der Waals surface area contributed by atoms with E-state index in [-0.39, 0.29) is 17.0 Å². The predicted molar refractivity (Wildman–Crippen MR) is 168 cm³/mol. The van der Waals surface area contributed by atoms with Crippen LogP contribution in [-0.2, 0) is 19.6 Å². The molecule has 2 aromatic carbocycles. The molecule has 3 aromatic rings. The van der Waals surface area contributed by atoms with Gasteiger partial charge in [-0.1, -0.05) is 17.7 Å². The smallest absolute Gasteiger partial charge is 0.320 e. The van der Waals surface area contributed by atoms with Crippen molar-refractivity contribution in [3.8, 4) is 17.6 Å². The maximum absolute atomic E-state index is 11.9. The highest BCUT2D eigenvalue weighted by atomic mass is 32.2. The molecule has 12 heteroatoms. The van der Waals surface area contributed by atoms with E-state index in [0.717, 1.165) is 46.9 Å². The molecule has 1 N–H and O–H groups in total. The minimum atomic E-state index is -4.02. The summed E-state index contributed by atoms with van der Waals surface area (Å²) in [5.74, 6) is 1.05. The number of hydrogen-bond acceptors (Lipinski definition) is 10. The Labute approximate surface area is 257 Å². The number of ether oxygens (including phenoxy) is 3. The van der Waals surface area contributed by atoms with Gasteiger partial charge in [0.25, 0.3) is 10.1 Å². The van der Waals surface area contributed by atoms with E-state index in [0.29, 0.717) is 23.6 Å². The number of carbonyl (C=O) groups excluding carboxylic acids is 1. The molecule has 230 valence electrons. The SMILES string of the molecule is COc1ccc(C(C#N)=Cc2ccc(N3CCC(OC(=O)CN(C)C)CC3)s2)cc1OC.Cc1ccc(S(=O)(=O)O)cc1. The molecule has 0 aliphatic carbocycles. The van der Waals surface area contributed by atoms with Crippen molar-refractivity contribution in [2.45, 2.75) is 30.8 Å². The van der Waals surface area contributed by atoms with Crippen LogP contribution in [0.3, 0.4) is 0 Å². The number of piperidine rings is 1. The number of anilines is 1. The standard InChI is InChI=1S/C24H29N3O4S.C7H8O3S/c1-26(2)16-24(28)31-19-9-11-27(12-10-19)23-8-6-20(32-23)13-18(15-25)17-5-7-21(29-3)22(14-17)30-4;1-6-2-4-7(5-3-6)11(8,9)10/h5-8,13-14,19H,9-12,16H2,1-4H3;2-5H,1H3,(H,8,9,10). The Hall–Kier alpha value is -3.89. The summed E-state index contributed by atoms with van der Waals surface area (Å²) in [4.78, 5) is 16.9. The molecule has 4 rings (SSSR count). The number of likely N-dealkylation sites (N-methyl/N-ethyl adjacent to an activating group) is 1. The van der Waals surface area contributed by atoms with Gasteiger partial charge in [0, 0.05) is 30.8 Å². The summed E-state index contributed by atoms with van der Waals surface area (Å²) in [5.41, 5.74) is 2.30. The second-order valence-corrected chi connectivity index (χ2v) is 12.6. The molecule has 0 amide bonds. The fourth-order valence-electron chi connectivity index (χ4n) is 4.30. The first kappa shape index (κ1) is 33.6. The number of aryl methyl sites for hydroxylation is 1. The Morgan fingerprint density at radius 3 is 2.28 bits per heavy atom. The molecule has 43 heavy (non-hydrogen) atoms. The second-order valence-electron chi connectivity index (χ2n) is 10.1. The van der Waals surface area contributed by atoms with E-state index < -0.39 is 10.1 Å². The number of rotatable bonds is 9. The summed E-state index contributed by atoms with van der Waals surface area (Å²) in [5, 5.41) is 10.9. The highest BCUT2D eigenvalue weighted by Gasteiger charge is 2.23. The van der Waals surface area contributed by atoms with Crippen molar-refractivity contribution in [2.24, 2.45) is 0 Å². The molecule has 1 fully saturated rings. The van der Waals surface area contributed by atoms with Gasteiger partial charge in [0.1, 0.15) is 6.10 Å². The van der Waals surface area contributed by atoms with E-state index in [4.69, 9.17) is 18.8 Å². The lowest BCUT2D eigenvalue weighted by molar-refractivity contribution is -0.150. The Kier molecular flexibility index (Phi) is 12.1. The summed E-state index contributed by atoms with van der Waals surface area (Å²) >= 11 is 1.65. The lowest BCUT2D eigenvalue weighted by Crippen LogP contribution is -2.38. The van der Waals surface area contributed by atoms with Crippen LogP contribution in [0.15, 0.2) is 59.5 Å². The van der Waals surface area contributed by atoms with Crippen molar-refractivity contribution in [1.29, 1.82) is 5.26 Å². The van der Waals surface area contributed by atoms with Crippen molar-refractivity contribution in [3.63, 3.8) is 0 Å². The van der Waals surface area contributed by atoms with E-state index >= 15 is 0 Å². The Bertz CT molecular complexity index is 1550. The van der Waals surface area contributed by atoms with Gasteiger partial charge in [-0.2, -0.15) is 13.7 Å². The molecule has 1 aliphatic heterocycles. The van der Waals surface area contributed by atoms with Gasteiger partial charge in [0.15, 0.2) is 11.5 Å². The predicted octanol–water partition coefficient (Wildman–Crippen LogP) is 5.14. The number of nitriles is 1. The monoisotopic (exact) mass is 627 g/mol. The van der Waals surface area contributed by atoms with Crippen molar-refractivity contribution in [3.05, 3.63) is 70.6 Å². The molecule has 10 nitrogen and oxygen atoms in total. The Morgan fingerprint density at radius 1 is 1.07 bits per heavy atom. The van der Waals surface area contributed by atoms with Gasteiger partial charge >= 0.3 is 5.97 Å². The van der Waals surface area contributed by atoms with Crippen LogP contribution in [0, 0.1) is 18.3 Å². The first-order valence-electron chi connectivity index (χ1n) is 13.5. The van der Waals surface area contributed by atoms with Crippen LogP contribution in [0.5, 0.6) is 11.5 Å². The normalized spacial score (nSPS) is 14.0. The number of methoxy groups -OCH3 is 2. The van der Waals surface area contributed by atoms with Gasteiger partial charge in [-0.05, 0) is 75.1 Å². The van der Waals surface area contributed by atoms with Crippen LogP contribution in [-0.4, -0.2) is 77.9 Å². The van der Waals surface area contributed by atoms with Gasteiger partial charge in [-0.3, -0.25) is 14.2 Å². The summed E-state index contributed by atoms with van der Waals surface area (Å²) in [6, 6.07) is 17.9. The van der Waals surface area contributed by atoms with E-state index in [1.54, 1.807) is 43.8 Å². The third-order valence-corrected chi connectivity index (χ3v) is 8.49. The summed E-state index contributed by atoms with van der Waals surface area (Å²) in [6.45, 7) is 3.82. The van der Waals surface area contributed by atoms with Crippen LogP contribution < -0.4 is 14.4 Å².